The first-order valence-corrected chi connectivity index (χ1v) is 5.27. The first kappa shape index (κ1) is 9.91. The molecule has 0 saturated heterocycles. The van der Waals surface area contributed by atoms with Gasteiger partial charge in [-0.25, -0.2) is 4.98 Å². The molecule has 3 aromatic rings. The number of tetrazole rings is 1. The van der Waals surface area contributed by atoms with Gasteiger partial charge in [0.05, 0.1) is 6.54 Å². The molecular weight excluding hydrogens is 218 g/mol. The quantitative estimate of drug-likeness (QED) is 0.600. The second-order valence-electron chi connectivity index (χ2n) is 3.65. The van der Waals surface area contributed by atoms with E-state index in [2.05, 4.69) is 35.9 Å². The van der Waals surface area contributed by atoms with Crippen LogP contribution in [0.25, 0.3) is 11.0 Å². The van der Waals surface area contributed by atoms with Gasteiger partial charge >= 0.3 is 0 Å². The minimum atomic E-state index is 0.587. The van der Waals surface area contributed by atoms with Gasteiger partial charge in [0, 0.05) is 24.3 Å². The van der Waals surface area contributed by atoms with E-state index in [9.17, 15) is 0 Å². The molecule has 3 rings (SSSR count). The summed E-state index contributed by atoms with van der Waals surface area (Å²) in [7, 11) is 0. The maximum Gasteiger partial charge on any atom is 0.188 e. The van der Waals surface area contributed by atoms with Crippen molar-refractivity contribution in [1.82, 2.24) is 35.9 Å². The molecule has 0 saturated carbocycles. The first-order chi connectivity index (χ1) is 8.43. The number of nitrogens with zero attached hydrogens (tertiary/aromatic N) is 4. The van der Waals surface area contributed by atoms with Crippen molar-refractivity contribution >= 4 is 11.0 Å². The number of rotatable bonds is 4. The van der Waals surface area contributed by atoms with Gasteiger partial charge in [0.15, 0.2) is 5.82 Å². The van der Waals surface area contributed by atoms with Gasteiger partial charge in [0.2, 0.25) is 0 Å². The van der Waals surface area contributed by atoms with Gasteiger partial charge < -0.3 is 10.3 Å². The van der Waals surface area contributed by atoms with Crippen molar-refractivity contribution < 1.29 is 0 Å². The number of nitrogens with one attached hydrogen (secondary N) is 3. The van der Waals surface area contributed by atoms with E-state index in [1.807, 2.05) is 18.3 Å². The highest BCUT2D eigenvalue weighted by Crippen LogP contribution is 2.14. The number of pyridine rings is 1. The minimum Gasteiger partial charge on any atom is -0.346 e. The Kier molecular flexibility index (Phi) is 2.51. The summed E-state index contributed by atoms with van der Waals surface area (Å²) in [5, 5.41) is 18.0. The van der Waals surface area contributed by atoms with Crippen LogP contribution in [-0.4, -0.2) is 30.6 Å². The molecule has 0 aliphatic rings. The summed E-state index contributed by atoms with van der Waals surface area (Å²) >= 11 is 0. The first-order valence-electron chi connectivity index (χ1n) is 5.27. The molecule has 3 heterocycles. The SMILES string of the molecule is c1cnc2[nH]cc(CNCc3nn[nH]n3)c2c1. The highest BCUT2D eigenvalue weighted by atomic mass is 15.5. The maximum atomic E-state index is 4.24. The zero-order valence-electron chi connectivity index (χ0n) is 9.01. The van der Waals surface area contributed by atoms with Crippen LogP contribution in [-0.2, 0) is 13.1 Å². The highest BCUT2D eigenvalue weighted by Gasteiger charge is 2.03. The Hall–Kier alpha value is -2.28. The summed E-state index contributed by atoms with van der Waals surface area (Å²) in [6, 6.07) is 3.98. The lowest BCUT2D eigenvalue weighted by molar-refractivity contribution is 0.666. The predicted molar refractivity (Wildman–Crippen MR) is 60.8 cm³/mol. The van der Waals surface area contributed by atoms with E-state index in [1.165, 1.54) is 5.56 Å². The normalized spacial score (nSPS) is 11.1. The fourth-order valence-corrected chi connectivity index (χ4v) is 1.73. The van der Waals surface area contributed by atoms with Crippen molar-refractivity contribution in [1.29, 1.82) is 0 Å². The molecule has 0 unspecified atom stereocenters. The third-order valence-electron chi connectivity index (χ3n) is 2.52. The summed E-state index contributed by atoms with van der Waals surface area (Å²) in [6.45, 7) is 1.32. The minimum absolute atomic E-state index is 0.587. The average molecular weight is 229 g/mol. The number of aromatic nitrogens is 6. The molecule has 3 N–H and O–H groups in total. The maximum absolute atomic E-state index is 4.24. The van der Waals surface area contributed by atoms with Gasteiger partial charge in [0.1, 0.15) is 5.65 Å². The molecule has 17 heavy (non-hydrogen) atoms. The molecule has 0 radical (unpaired) electrons. The summed E-state index contributed by atoms with van der Waals surface area (Å²) in [5.74, 6) is 0.656. The number of fused-ring (bicyclic) bond motifs is 1. The Bertz CT molecular complexity index is 598. The summed E-state index contributed by atoms with van der Waals surface area (Å²) in [6.07, 6.45) is 3.73. The van der Waals surface area contributed by atoms with E-state index in [0.29, 0.717) is 12.4 Å². The topological polar surface area (TPSA) is 95.2 Å². The monoisotopic (exact) mass is 229 g/mol. The molecule has 0 bridgehead atoms. The van der Waals surface area contributed by atoms with Crippen molar-refractivity contribution in [2.24, 2.45) is 0 Å². The van der Waals surface area contributed by atoms with Crippen LogP contribution in [0, 0.1) is 0 Å². The second-order valence-corrected chi connectivity index (χ2v) is 3.65. The van der Waals surface area contributed by atoms with E-state index in [4.69, 9.17) is 0 Å². The zero-order chi connectivity index (χ0) is 11.5. The van der Waals surface area contributed by atoms with Gasteiger partial charge in [-0.3, -0.25) is 0 Å². The zero-order valence-corrected chi connectivity index (χ0v) is 9.01. The van der Waals surface area contributed by atoms with Crippen LogP contribution in [0.15, 0.2) is 24.5 Å². The summed E-state index contributed by atoms with van der Waals surface area (Å²) in [5.41, 5.74) is 2.08. The Morgan fingerprint density at radius 1 is 1.29 bits per heavy atom. The molecule has 0 fully saturated rings. The van der Waals surface area contributed by atoms with Gasteiger partial charge in [-0.05, 0) is 17.7 Å². The Labute approximate surface area is 96.7 Å². The lowest BCUT2D eigenvalue weighted by Crippen LogP contribution is -2.13. The second kappa shape index (κ2) is 4.30. The molecule has 0 atom stereocenters. The van der Waals surface area contributed by atoms with E-state index >= 15 is 0 Å². The molecule has 0 aromatic carbocycles. The van der Waals surface area contributed by atoms with Crippen molar-refractivity contribution in [2.45, 2.75) is 13.1 Å². The van der Waals surface area contributed by atoms with Crippen LogP contribution >= 0.6 is 0 Å². The van der Waals surface area contributed by atoms with Crippen LogP contribution in [0.3, 0.4) is 0 Å². The molecule has 7 nitrogen and oxygen atoms in total. The van der Waals surface area contributed by atoms with E-state index in [0.717, 1.165) is 17.6 Å². The van der Waals surface area contributed by atoms with Crippen molar-refractivity contribution in [2.75, 3.05) is 0 Å². The highest BCUT2D eigenvalue weighted by molar-refractivity contribution is 5.79. The van der Waals surface area contributed by atoms with E-state index < -0.39 is 0 Å². The molecule has 0 aliphatic heterocycles. The van der Waals surface area contributed by atoms with Crippen LogP contribution < -0.4 is 5.32 Å². The lowest BCUT2D eigenvalue weighted by Gasteiger charge is -1.99. The smallest absolute Gasteiger partial charge is 0.188 e. The van der Waals surface area contributed by atoms with Crippen molar-refractivity contribution in [3.8, 4) is 0 Å². The molecule has 0 spiro atoms. The largest absolute Gasteiger partial charge is 0.346 e. The van der Waals surface area contributed by atoms with Crippen LogP contribution in [0.1, 0.15) is 11.4 Å². The lowest BCUT2D eigenvalue weighted by atomic mass is 10.2. The molecule has 0 aliphatic carbocycles. The van der Waals surface area contributed by atoms with Crippen molar-refractivity contribution in [3.05, 3.63) is 35.9 Å². The van der Waals surface area contributed by atoms with Crippen LogP contribution in [0.5, 0.6) is 0 Å². The van der Waals surface area contributed by atoms with Gasteiger partial charge in [-0.2, -0.15) is 5.21 Å². The third kappa shape index (κ3) is 2.00. The Morgan fingerprint density at radius 2 is 2.29 bits per heavy atom. The number of H-pyrrole nitrogens is 2. The summed E-state index contributed by atoms with van der Waals surface area (Å²) < 4.78 is 0. The standard InChI is InChI=1S/C10H11N7/c1-2-8-7(5-13-10(8)12-3-1)4-11-6-9-14-16-17-15-9/h1-3,5,11H,4,6H2,(H,12,13)(H,14,15,16,17). The summed E-state index contributed by atoms with van der Waals surface area (Å²) in [4.78, 5) is 7.37. The molecule has 7 heteroatoms. The molecule has 0 amide bonds. The van der Waals surface area contributed by atoms with E-state index in [1.54, 1.807) is 6.20 Å². The van der Waals surface area contributed by atoms with Crippen LogP contribution in [0.2, 0.25) is 0 Å². The molecule has 86 valence electrons. The predicted octanol–water partition coefficient (Wildman–Crippen LogP) is 0.366. The molecular formula is C10H11N7. The third-order valence-corrected chi connectivity index (χ3v) is 2.52. The van der Waals surface area contributed by atoms with Gasteiger partial charge in [0.25, 0.3) is 0 Å². The fourth-order valence-electron chi connectivity index (χ4n) is 1.73. The van der Waals surface area contributed by atoms with Crippen LogP contribution in [0.4, 0.5) is 0 Å². The molecule has 3 aromatic heterocycles. The number of hydrogen-bond acceptors (Lipinski definition) is 5. The Morgan fingerprint density at radius 3 is 3.18 bits per heavy atom. The fraction of sp³-hybridized carbons (Fsp3) is 0.200. The Balaban J connectivity index is 1.69. The number of aromatic amines is 2. The average Bonchev–Trinajstić information content (AvgIpc) is 2.99. The van der Waals surface area contributed by atoms with Gasteiger partial charge in [-0.15, -0.1) is 10.2 Å². The van der Waals surface area contributed by atoms with Gasteiger partial charge in [-0.1, -0.05) is 5.21 Å². The van der Waals surface area contributed by atoms with Crippen molar-refractivity contribution in [3.63, 3.8) is 0 Å². The number of hydrogen-bond donors (Lipinski definition) is 3. The van der Waals surface area contributed by atoms with E-state index in [-0.39, 0.29) is 0 Å².